The van der Waals surface area contributed by atoms with Gasteiger partial charge in [0.2, 0.25) is 0 Å². The summed E-state index contributed by atoms with van der Waals surface area (Å²) in [6.07, 6.45) is 0. The fraction of sp³-hybridized carbons (Fsp3) is 0.231. The molecule has 18 heavy (non-hydrogen) atoms. The molecule has 1 aromatic carbocycles. The molecule has 0 aliphatic carbocycles. The molecule has 1 heterocycles. The number of anilines is 1. The van der Waals surface area contributed by atoms with Gasteiger partial charge >= 0.3 is 0 Å². The minimum Gasteiger partial charge on any atom is -0.384 e. The predicted octanol–water partition coefficient (Wildman–Crippen LogP) is 3.45. The molecule has 0 fully saturated rings. The highest BCUT2D eigenvalue weighted by molar-refractivity contribution is 7.97. The van der Waals surface area contributed by atoms with Crippen LogP contribution in [0.4, 0.5) is 5.82 Å². The number of hydrogen-bond donors (Lipinski definition) is 1. The Morgan fingerprint density at radius 2 is 1.89 bits per heavy atom. The van der Waals surface area contributed by atoms with Crippen molar-refractivity contribution in [2.45, 2.75) is 18.4 Å². The summed E-state index contributed by atoms with van der Waals surface area (Å²) >= 11 is 7.59. The van der Waals surface area contributed by atoms with Crippen molar-refractivity contribution < 1.29 is 0 Å². The van der Waals surface area contributed by atoms with Gasteiger partial charge in [-0.15, -0.1) is 11.8 Å². The molecule has 1 aromatic heterocycles. The zero-order valence-electron chi connectivity index (χ0n) is 10.1. The van der Waals surface area contributed by atoms with Crippen LogP contribution in [0, 0.1) is 6.92 Å². The summed E-state index contributed by atoms with van der Waals surface area (Å²) in [7, 11) is 0. The number of rotatable bonds is 4. The number of nitrogens with two attached hydrogens (primary N) is 1. The monoisotopic (exact) mass is 279 g/mol. The smallest absolute Gasteiger partial charge is 0.140 e. The molecular formula is C13H14ClN3S. The Hall–Kier alpha value is -1.26. The highest BCUT2D eigenvalue weighted by Gasteiger charge is 2.01. The van der Waals surface area contributed by atoms with Crippen LogP contribution in [-0.2, 0) is 11.5 Å². The third-order valence-electron chi connectivity index (χ3n) is 2.33. The normalized spacial score (nSPS) is 10.6. The maximum absolute atomic E-state index is 5.84. The molecule has 2 N–H and O–H groups in total. The molecule has 0 bridgehead atoms. The number of benzene rings is 1. The molecule has 2 rings (SSSR count). The van der Waals surface area contributed by atoms with E-state index in [9.17, 15) is 0 Å². The van der Waals surface area contributed by atoms with Crippen molar-refractivity contribution in [3.63, 3.8) is 0 Å². The van der Waals surface area contributed by atoms with E-state index in [1.165, 1.54) is 5.56 Å². The quantitative estimate of drug-likeness (QED) is 0.931. The summed E-state index contributed by atoms with van der Waals surface area (Å²) in [6, 6.07) is 9.63. The first kappa shape index (κ1) is 13.2. The summed E-state index contributed by atoms with van der Waals surface area (Å²) in [5.41, 5.74) is 7.83. The van der Waals surface area contributed by atoms with Gasteiger partial charge in [-0.05, 0) is 24.6 Å². The number of aromatic nitrogens is 2. The van der Waals surface area contributed by atoms with Crippen molar-refractivity contribution in [2.24, 2.45) is 0 Å². The molecular weight excluding hydrogens is 266 g/mol. The molecule has 0 radical (unpaired) electrons. The lowest BCUT2D eigenvalue weighted by Gasteiger charge is -2.03. The fourth-order valence-corrected chi connectivity index (χ4v) is 2.53. The van der Waals surface area contributed by atoms with Crippen LogP contribution in [0.15, 0.2) is 30.3 Å². The number of halogens is 1. The van der Waals surface area contributed by atoms with Gasteiger partial charge in [0, 0.05) is 22.5 Å². The second kappa shape index (κ2) is 6.07. The van der Waals surface area contributed by atoms with Gasteiger partial charge < -0.3 is 5.73 Å². The van der Waals surface area contributed by atoms with E-state index in [0.29, 0.717) is 5.82 Å². The number of thioether (sulfide) groups is 1. The lowest BCUT2D eigenvalue weighted by atomic mass is 10.2. The molecule has 0 amide bonds. The van der Waals surface area contributed by atoms with E-state index in [-0.39, 0.29) is 0 Å². The van der Waals surface area contributed by atoms with Crippen LogP contribution in [0.25, 0.3) is 0 Å². The fourth-order valence-electron chi connectivity index (χ4n) is 1.56. The molecule has 0 aliphatic heterocycles. The van der Waals surface area contributed by atoms with E-state index in [1.54, 1.807) is 17.8 Å². The molecule has 94 valence electrons. The molecule has 2 aromatic rings. The Bertz CT molecular complexity index is 508. The zero-order valence-corrected chi connectivity index (χ0v) is 11.6. The molecule has 0 saturated carbocycles. The maximum atomic E-state index is 5.84. The minimum absolute atomic E-state index is 0.532. The minimum atomic E-state index is 0.532. The lowest BCUT2D eigenvalue weighted by Crippen LogP contribution is -2.00. The lowest BCUT2D eigenvalue weighted by molar-refractivity contribution is 1.00. The Kier molecular flexibility index (Phi) is 4.44. The summed E-state index contributed by atoms with van der Waals surface area (Å²) in [4.78, 5) is 8.55. The van der Waals surface area contributed by atoms with Crippen LogP contribution in [0.3, 0.4) is 0 Å². The third-order valence-corrected chi connectivity index (χ3v) is 3.59. The maximum Gasteiger partial charge on any atom is 0.140 e. The van der Waals surface area contributed by atoms with Gasteiger partial charge in [-0.3, -0.25) is 0 Å². The van der Waals surface area contributed by atoms with E-state index in [1.807, 2.05) is 31.2 Å². The van der Waals surface area contributed by atoms with Gasteiger partial charge in [-0.1, -0.05) is 23.7 Å². The van der Waals surface area contributed by atoms with Crippen LogP contribution in [-0.4, -0.2) is 9.97 Å². The summed E-state index contributed by atoms with van der Waals surface area (Å²) in [6.45, 7) is 1.92. The van der Waals surface area contributed by atoms with Gasteiger partial charge in [0.25, 0.3) is 0 Å². The summed E-state index contributed by atoms with van der Waals surface area (Å²) in [5, 5.41) is 0.763. The SMILES string of the molecule is Cc1cc(N)nc(CSCc2ccc(Cl)cc2)n1. The van der Waals surface area contributed by atoms with Crippen molar-refractivity contribution in [1.82, 2.24) is 9.97 Å². The molecule has 3 nitrogen and oxygen atoms in total. The first-order chi connectivity index (χ1) is 8.63. The number of aryl methyl sites for hydroxylation is 1. The van der Waals surface area contributed by atoms with Crippen LogP contribution in [0.5, 0.6) is 0 Å². The summed E-state index contributed by atoms with van der Waals surface area (Å²) < 4.78 is 0. The van der Waals surface area contributed by atoms with Crippen LogP contribution >= 0.6 is 23.4 Å². The Balaban J connectivity index is 1.90. The number of hydrogen-bond acceptors (Lipinski definition) is 4. The molecule has 0 aliphatic rings. The Labute approximate surface area is 116 Å². The molecule has 0 atom stereocenters. The first-order valence-electron chi connectivity index (χ1n) is 5.56. The average molecular weight is 280 g/mol. The highest BCUT2D eigenvalue weighted by Crippen LogP contribution is 2.18. The Morgan fingerprint density at radius 3 is 2.56 bits per heavy atom. The molecule has 0 saturated heterocycles. The second-order valence-electron chi connectivity index (χ2n) is 3.97. The van der Waals surface area contributed by atoms with E-state index >= 15 is 0 Å². The van der Waals surface area contributed by atoms with E-state index in [2.05, 4.69) is 9.97 Å². The van der Waals surface area contributed by atoms with Gasteiger partial charge in [0.15, 0.2) is 0 Å². The van der Waals surface area contributed by atoms with E-state index in [0.717, 1.165) is 28.0 Å². The van der Waals surface area contributed by atoms with Crippen molar-refractivity contribution in [3.05, 3.63) is 52.4 Å². The molecule has 0 spiro atoms. The van der Waals surface area contributed by atoms with Gasteiger partial charge in [0.05, 0.1) is 5.75 Å². The van der Waals surface area contributed by atoms with E-state index < -0.39 is 0 Å². The van der Waals surface area contributed by atoms with Crippen molar-refractivity contribution in [2.75, 3.05) is 5.73 Å². The third kappa shape index (κ3) is 3.89. The Morgan fingerprint density at radius 1 is 1.17 bits per heavy atom. The largest absolute Gasteiger partial charge is 0.384 e. The average Bonchev–Trinajstić information content (AvgIpc) is 2.30. The van der Waals surface area contributed by atoms with Crippen molar-refractivity contribution >= 4 is 29.2 Å². The van der Waals surface area contributed by atoms with E-state index in [4.69, 9.17) is 17.3 Å². The van der Waals surface area contributed by atoms with Crippen molar-refractivity contribution in [1.29, 1.82) is 0 Å². The van der Waals surface area contributed by atoms with Crippen LogP contribution < -0.4 is 5.73 Å². The van der Waals surface area contributed by atoms with Gasteiger partial charge in [0.1, 0.15) is 11.6 Å². The summed E-state index contributed by atoms with van der Waals surface area (Å²) in [5.74, 6) is 2.99. The van der Waals surface area contributed by atoms with Gasteiger partial charge in [-0.25, -0.2) is 9.97 Å². The van der Waals surface area contributed by atoms with Crippen LogP contribution in [0.2, 0.25) is 5.02 Å². The first-order valence-corrected chi connectivity index (χ1v) is 7.09. The zero-order chi connectivity index (χ0) is 13.0. The number of nitrogens with zero attached hydrogens (tertiary/aromatic N) is 2. The van der Waals surface area contributed by atoms with Gasteiger partial charge in [-0.2, -0.15) is 0 Å². The van der Waals surface area contributed by atoms with Crippen molar-refractivity contribution in [3.8, 4) is 0 Å². The second-order valence-corrected chi connectivity index (χ2v) is 5.39. The topological polar surface area (TPSA) is 51.8 Å². The molecule has 5 heteroatoms. The predicted molar refractivity (Wildman–Crippen MR) is 77.6 cm³/mol. The standard InChI is InChI=1S/C13H14ClN3S/c1-9-6-12(15)17-13(16-9)8-18-7-10-2-4-11(14)5-3-10/h2-6H,7-8H2,1H3,(H2,15,16,17). The van der Waals surface area contributed by atoms with Crippen LogP contribution in [0.1, 0.15) is 17.1 Å². The highest BCUT2D eigenvalue weighted by atomic mass is 35.5. The number of nitrogen functional groups attached to an aromatic ring is 1. The molecule has 0 unspecified atom stereocenters.